The Morgan fingerprint density at radius 2 is 0.670 bits per heavy atom. The maximum absolute atomic E-state index is 13.1. The second-order valence-corrected chi connectivity index (χ2v) is 24.4. The van der Waals surface area contributed by atoms with Crippen molar-refractivity contribution in [2.24, 2.45) is 0 Å². The number of nitrogens with zero attached hydrogens (tertiary/aromatic N) is 15. The third-order valence-corrected chi connectivity index (χ3v) is 16.7. The van der Waals surface area contributed by atoms with Crippen LogP contribution in [0.5, 0.6) is 0 Å². The average molecular weight is 1600 g/mol. The Kier molecular flexibility index (Phi) is 27.3. The van der Waals surface area contributed by atoms with Crippen LogP contribution in [-0.4, -0.2) is 156 Å². The molecule has 9 heterocycles. The van der Waals surface area contributed by atoms with Crippen LogP contribution in [0.2, 0.25) is 5.15 Å². The summed E-state index contributed by atoms with van der Waals surface area (Å²) < 4.78 is 235. The number of rotatable bonds is 9. The number of nitrogens with one attached hydrogen (secondary N) is 3. The Balaban J connectivity index is 0.000000202. The van der Waals surface area contributed by atoms with Gasteiger partial charge in [-0.25, -0.2) is 39.3 Å². The number of benzene rings is 3. The first-order valence-corrected chi connectivity index (χ1v) is 33.3. The molecule has 590 valence electrons. The molecule has 0 bridgehead atoms. The van der Waals surface area contributed by atoms with Crippen LogP contribution in [-0.2, 0) is 49.9 Å². The van der Waals surface area contributed by atoms with Crippen LogP contribution in [0.15, 0.2) is 165 Å². The molecule has 12 rings (SSSR count). The second-order valence-electron chi connectivity index (χ2n) is 24.0. The van der Waals surface area contributed by atoms with Crippen LogP contribution in [0, 0.1) is 24.2 Å². The molecule has 112 heavy (non-hydrogen) atoms. The number of carbonyl (C=O) groups excluding carboxylic acids is 3. The predicted molar refractivity (Wildman–Crippen MR) is 375 cm³/mol. The van der Waals surface area contributed by atoms with E-state index in [0.717, 1.165) is 28.8 Å². The fraction of sp³-hybridized carbons (Fsp3) is 0.278. The summed E-state index contributed by atoms with van der Waals surface area (Å²) >= 11 is 5.98. The molecule has 0 spiro atoms. The topological polar surface area (TPSA) is 223 Å². The van der Waals surface area contributed by atoms with Crippen molar-refractivity contribution in [1.29, 1.82) is 0 Å². The van der Waals surface area contributed by atoms with Crippen molar-refractivity contribution < 1.29 is 94.8 Å². The van der Waals surface area contributed by atoms with Crippen LogP contribution in [0.3, 0.4) is 0 Å². The van der Waals surface area contributed by atoms with Gasteiger partial charge in [0.15, 0.2) is 22.5 Å². The fourth-order valence-corrected chi connectivity index (χ4v) is 11.1. The van der Waals surface area contributed by atoms with Crippen molar-refractivity contribution in [1.82, 2.24) is 59.6 Å². The van der Waals surface area contributed by atoms with E-state index in [1.165, 1.54) is 39.5 Å². The zero-order valence-electron chi connectivity index (χ0n) is 57.7. The molecule has 0 radical (unpaired) electrons. The number of urea groups is 3. The van der Waals surface area contributed by atoms with Gasteiger partial charge in [-0.2, -0.15) is 79.0 Å². The quantitative estimate of drug-likeness (QED) is 0.0903. The average Bonchev–Trinajstić information content (AvgIpc) is 0.808. The van der Waals surface area contributed by atoms with Crippen molar-refractivity contribution in [3.8, 4) is 24.2 Å². The predicted octanol–water partition coefficient (Wildman–Crippen LogP) is 15.5. The van der Waals surface area contributed by atoms with E-state index in [4.69, 9.17) is 18.0 Å². The van der Waals surface area contributed by atoms with Gasteiger partial charge in [-0.3, -0.25) is 19.9 Å². The lowest BCUT2D eigenvalue weighted by Crippen LogP contribution is -2.50. The van der Waals surface area contributed by atoms with Gasteiger partial charge in [0.1, 0.15) is 5.82 Å². The molecule has 6 amide bonds. The maximum Gasteiger partial charge on any atom is 0.416 e. The van der Waals surface area contributed by atoms with Crippen molar-refractivity contribution in [2.75, 3.05) is 109 Å². The molecule has 3 N–H and O–H groups in total. The molecule has 3 fully saturated rings. The molecule has 0 aliphatic carbocycles. The number of aryl methyl sites for hydroxylation is 2. The van der Waals surface area contributed by atoms with Crippen molar-refractivity contribution in [2.45, 2.75) is 49.9 Å². The minimum Gasteiger partial charge on any atom is -0.352 e. The largest absolute Gasteiger partial charge is 0.416 e. The molecule has 3 saturated heterocycles. The van der Waals surface area contributed by atoms with Gasteiger partial charge in [0, 0.05) is 183 Å². The standard InChI is InChI=1S/C24H22F6N6O.C24H18F6N6O.C17H14ClF6N5O.C7H5N.H2/c2*25-23(26,27)17-13-18(24(28,29)30)15-19(14-17)34-22(37)36-11-9-35(10-12-36)21-20(32-7-8-33-21)2-1-16-3-5-31-6-4-16;18-13-14(26-2-1-25-13)28-3-5-29(6-4-28)15(30)27-12-8-10(16(19,20)21)7-11(9-12)17(22,23)24;1-2-7-3-5-8-6-4-7;/h3-8,13-15H,1-2,9-12H2,(H,34,37);3-8,13-15H,9-12H2,(H,34,37);1-2,7-9H,3-6H2,(H,27,30);1,3-6H;1H. The monoisotopic (exact) mass is 1600 g/mol. The van der Waals surface area contributed by atoms with E-state index >= 15 is 0 Å². The summed E-state index contributed by atoms with van der Waals surface area (Å²) in [4.78, 5) is 84.3. The highest BCUT2D eigenvalue weighted by atomic mass is 35.5. The van der Waals surface area contributed by atoms with Crippen molar-refractivity contribution >= 4 is 64.2 Å². The second kappa shape index (κ2) is 36.5. The number of hydrogen-bond donors (Lipinski definition) is 3. The Morgan fingerprint density at radius 3 is 1.02 bits per heavy atom. The molecule has 3 aliphatic heterocycles. The Labute approximate surface area is 631 Å². The van der Waals surface area contributed by atoms with Crippen LogP contribution >= 0.6 is 11.6 Å². The van der Waals surface area contributed by atoms with E-state index in [2.05, 4.69) is 78.6 Å². The summed E-state index contributed by atoms with van der Waals surface area (Å²) in [6.07, 6.45) is -4.59. The highest BCUT2D eigenvalue weighted by molar-refractivity contribution is 6.31. The SMILES string of the molecule is C#Cc1ccncc1.O=C(Nc1cc(C(F)(F)F)cc(C(F)(F)F)c1)N1CCN(c2nccnc2C#Cc2ccncc2)CC1.O=C(Nc1cc(C(F)(F)F)cc(C(F)(F)F)c1)N1CCN(c2nccnc2CCc2ccncc2)CC1.O=C(Nc1cc(C(F)(F)F)cc(C(F)(F)F)c1)N1CCN(c2nccnc2Cl)CC1.[HH]. The van der Waals surface area contributed by atoms with Gasteiger partial charge in [-0.05, 0) is 115 Å². The van der Waals surface area contributed by atoms with Gasteiger partial charge < -0.3 is 45.3 Å². The van der Waals surface area contributed by atoms with E-state index in [9.17, 15) is 93.4 Å². The van der Waals surface area contributed by atoms with E-state index in [1.54, 1.807) is 78.7 Å². The minimum absolute atomic E-state index is 0. The molecule has 40 heteroatoms. The van der Waals surface area contributed by atoms with Gasteiger partial charge in [-0.15, -0.1) is 6.42 Å². The first kappa shape index (κ1) is 83.7. The molecular formula is C72H61ClF18N18O3. The lowest BCUT2D eigenvalue weighted by Gasteiger charge is -2.36. The van der Waals surface area contributed by atoms with Gasteiger partial charge in [0.2, 0.25) is 0 Å². The molecule has 3 aromatic carbocycles. The van der Waals surface area contributed by atoms with E-state index in [-0.39, 0.29) is 64.0 Å². The third kappa shape index (κ3) is 24.1. The molecule has 0 saturated carbocycles. The first-order valence-electron chi connectivity index (χ1n) is 33.0. The van der Waals surface area contributed by atoms with Gasteiger partial charge >= 0.3 is 55.2 Å². The molecule has 21 nitrogen and oxygen atoms in total. The molecule has 0 unspecified atom stereocenters. The number of anilines is 6. The number of pyridine rings is 3. The smallest absolute Gasteiger partial charge is 0.352 e. The number of amides is 6. The highest BCUT2D eigenvalue weighted by Crippen LogP contribution is 2.41. The molecule has 0 atom stereocenters. The van der Waals surface area contributed by atoms with Crippen molar-refractivity contribution in [3.63, 3.8) is 0 Å². The van der Waals surface area contributed by atoms with E-state index in [0.29, 0.717) is 105 Å². The summed E-state index contributed by atoms with van der Waals surface area (Å²) in [6.45, 7) is 2.93. The van der Waals surface area contributed by atoms with Crippen LogP contribution in [0.4, 0.5) is 128 Å². The lowest BCUT2D eigenvalue weighted by molar-refractivity contribution is -0.144. The minimum atomic E-state index is -5.01. The number of hydrogen-bond acceptors (Lipinski definition) is 15. The zero-order chi connectivity index (χ0) is 81.2. The summed E-state index contributed by atoms with van der Waals surface area (Å²) in [7, 11) is 0. The highest BCUT2D eigenvalue weighted by Gasteiger charge is 2.41. The Hall–Kier alpha value is -12.3. The summed E-state index contributed by atoms with van der Waals surface area (Å²) in [5.41, 5.74) is -6.90. The summed E-state index contributed by atoms with van der Waals surface area (Å²) in [5.74, 6) is 10.0. The third-order valence-electron chi connectivity index (χ3n) is 16.4. The van der Waals surface area contributed by atoms with Crippen LogP contribution in [0.1, 0.15) is 62.9 Å². The maximum atomic E-state index is 13.1. The van der Waals surface area contributed by atoms with Crippen molar-refractivity contribution in [3.05, 3.63) is 232 Å². The Bertz CT molecular complexity index is 4700. The summed E-state index contributed by atoms with van der Waals surface area (Å²) in [5, 5.41) is 6.63. The normalized spacial score (nSPS) is 14.1. The van der Waals surface area contributed by atoms with Gasteiger partial charge in [0.25, 0.3) is 0 Å². The van der Waals surface area contributed by atoms with Gasteiger partial charge in [0.05, 0.1) is 39.1 Å². The number of aromatic nitrogens is 9. The van der Waals surface area contributed by atoms with E-state index < -0.39 is 106 Å². The van der Waals surface area contributed by atoms with Crippen LogP contribution in [0.25, 0.3) is 0 Å². The number of piperazine rings is 3. The number of halogens is 19. The number of carbonyl (C=O) groups is 3. The fourth-order valence-electron chi connectivity index (χ4n) is 10.9. The number of alkyl halides is 18. The van der Waals surface area contributed by atoms with Crippen LogP contribution < -0.4 is 30.7 Å². The molecular weight excluding hydrogens is 1540 g/mol. The molecule has 3 aliphatic rings. The molecule has 6 aromatic heterocycles. The first-order chi connectivity index (χ1) is 52.9. The Morgan fingerprint density at radius 1 is 0.366 bits per heavy atom. The van der Waals surface area contributed by atoms with Gasteiger partial charge in [-0.1, -0.05) is 23.4 Å². The zero-order valence-corrected chi connectivity index (χ0v) is 58.4. The number of terminal acetylenes is 1. The van der Waals surface area contributed by atoms with E-state index in [1.807, 2.05) is 21.9 Å². The summed E-state index contributed by atoms with van der Waals surface area (Å²) in [6, 6.07) is 11.3. The molecule has 9 aromatic rings. The lowest BCUT2D eigenvalue weighted by atomic mass is 10.1.